The van der Waals surface area contributed by atoms with Crippen LogP contribution in [0.5, 0.6) is 0 Å². The van der Waals surface area contributed by atoms with Crippen molar-refractivity contribution in [2.45, 2.75) is 13.0 Å². The lowest BCUT2D eigenvalue weighted by atomic mass is 10.1. The van der Waals surface area contributed by atoms with Gasteiger partial charge in [-0.1, -0.05) is 6.08 Å². The Labute approximate surface area is 58.6 Å². The molecule has 0 aromatic rings. The van der Waals surface area contributed by atoms with E-state index in [-0.39, 0.29) is 0 Å². The van der Waals surface area contributed by atoms with Crippen molar-refractivity contribution in [2.75, 3.05) is 0 Å². The van der Waals surface area contributed by atoms with Gasteiger partial charge in [-0.3, -0.25) is 0 Å². The first-order valence-electron chi connectivity index (χ1n) is 2.93. The predicted octanol–water partition coefficient (Wildman–Crippen LogP) is 0.930. The number of ether oxygens (including phenoxy) is 1. The van der Waals surface area contributed by atoms with Crippen LogP contribution in [0.1, 0.15) is 6.92 Å². The van der Waals surface area contributed by atoms with Crippen molar-refractivity contribution in [2.24, 2.45) is 0 Å². The first kappa shape index (κ1) is 6.86. The Kier molecular flexibility index (Phi) is 1.76. The van der Waals surface area contributed by atoms with E-state index >= 15 is 0 Å². The Morgan fingerprint density at radius 3 is 2.90 bits per heavy atom. The van der Waals surface area contributed by atoms with Crippen LogP contribution in [0.4, 0.5) is 0 Å². The maximum absolute atomic E-state index is 10.4. The summed E-state index contributed by atoms with van der Waals surface area (Å²) in [5.41, 5.74) is 0.718. The van der Waals surface area contributed by atoms with Crippen LogP contribution < -0.4 is 0 Å². The summed E-state index contributed by atoms with van der Waals surface area (Å²) in [7, 11) is 0. The lowest BCUT2D eigenvalue weighted by Gasteiger charge is -2.14. The van der Waals surface area contributed by atoms with E-state index in [1.807, 2.05) is 0 Å². The minimum absolute atomic E-state index is 0.718. The molecule has 0 spiro atoms. The van der Waals surface area contributed by atoms with E-state index in [2.05, 4.69) is 0 Å². The molecule has 0 radical (unpaired) electrons. The highest BCUT2D eigenvalue weighted by Crippen LogP contribution is 2.11. The van der Waals surface area contributed by atoms with Crippen molar-refractivity contribution in [1.29, 1.82) is 0 Å². The van der Waals surface area contributed by atoms with Gasteiger partial charge in [-0.15, -0.1) is 0 Å². The number of carboxylic acid groups (broad SMARTS) is 1. The van der Waals surface area contributed by atoms with Crippen molar-refractivity contribution >= 4 is 5.97 Å². The Morgan fingerprint density at radius 1 is 1.80 bits per heavy atom. The topological polar surface area (TPSA) is 46.5 Å². The number of carbonyl (C=O) groups is 1. The molecule has 0 bridgehead atoms. The zero-order chi connectivity index (χ0) is 7.56. The molecule has 0 amide bonds. The van der Waals surface area contributed by atoms with Crippen LogP contribution in [0, 0.1) is 0 Å². The average molecular weight is 140 g/mol. The maximum atomic E-state index is 10.4. The van der Waals surface area contributed by atoms with Gasteiger partial charge in [0.05, 0.1) is 6.26 Å². The summed E-state index contributed by atoms with van der Waals surface area (Å²) < 4.78 is 4.80. The first-order chi connectivity index (χ1) is 4.72. The zero-order valence-electron chi connectivity index (χ0n) is 5.57. The molecule has 1 rings (SSSR count). The lowest BCUT2D eigenvalue weighted by molar-refractivity contribution is -0.145. The fourth-order valence-corrected chi connectivity index (χ4v) is 0.763. The quantitative estimate of drug-likeness (QED) is 0.589. The summed E-state index contributed by atoms with van der Waals surface area (Å²) in [4.78, 5) is 10.4. The molecule has 3 heteroatoms. The third kappa shape index (κ3) is 1.18. The van der Waals surface area contributed by atoms with Gasteiger partial charge in [0.15, 0.2) is 0 Å². The number of aliphatic carboxylic acids is 1. The monoisotopic (exact) mass is 140 g/mol. The number of hydrogen-bond donors (Lipinski definition) is 1. The molecule has 3 nitrogen and oxygen atoms in total. The minimum atomic E-state index is -0.946. The van der Waals surface area contributed by atoms with Crippen LogP contribution >= 0.6 is 0 Å². The van der Waals surface area contributed by atoms with Gasteiger partial charge < -0.3 is 9.84 Å². The number of allylic oxidation sites excluding steroid dienone is 2. The van der Waals surface area contributed by atoms with Crippen molar-refractivity contribution in [3.63, 3.8) is 0 Å². The van der Waals surface area contributed by atoms with Crippen molar-refractivity contribution in [1.82, 2.24) is 0 Å². The standard InChI is InChI=1S/C7H8O3/c1-5-3-2-4-10-6(5)7(8)9/h2-4,6H,1H3,(H,8,9). The fourth-order valence-electron chi connectivity index (χ4n) is 0.763. The van der Waals surface area contributed by atoms with Crippen molar-refractivity contribution < 1.29 is 14.6 Å². The normalized spacial score (nSPS) is 23.3. The van der Waals surface area contributed by atoms with E-state index < -0.39 is 12.1 Å². The van der Waals surface area contributed by atoms with Gasteiger partial charge >= 0.3 is 5.97 Å². The van der Waals surface area contributed by atoms with Gasteiger partial charge in [-0.25, -0.2) is 4.79 Å². The Balaban J connectivity index is 2.73. The van der Waals surface area contributed by atoms with E-state index in [0.717, 1.165) is 5.57 Å². The van der Waals surface area contributed by atoms with E-state index in [1.165, 1.54) is 6.26 Å². The fraction of sp³-hybridized carbons (Fsp3) is 0.286. The molecule has 1 atom stereocenters. The highest BCUT2D eigenvalue weighted by Gasteiger charge is 2.20. The predicted molar refractivity (Wildman–Crippen MR) is 35.4 cm³/mol. The zero-order valence-corrected chi connectivity index (χ0v) is 5.57. The molecule has 54 valence electrons. The van der Waals surface area contributed by atoms with Crippen LogP contribution in [-0.4, -0.2) is 17.2 Å². The van der Waals surface area contributed by atoms with Gasteiger partial charge in [0.2, 0.25) is 6.10 Å². The molecule has 1 heterocycles. The first-order valence-corrected chi connectivity index (χ1v) is 2.93. The molecular weight excluding hydrogens is 132 g/mol. The molecule has 1 aliphatic heterocycles. The van der Waals surface area contributed by atoms with Crippen molar-refractivity contribution in [3.05, 3.63) is 24.0 Å². The Hall–Kier alpha value is -1.25. The highest BCUT2D eigenvalue weighted by molar-refractivity contribution is 5.76. The van der Waals surface area contributed by atoms with Gasteiger partial charge in [0.1, 0.15) is 0 Å². The van der Waals surface area contributed by atoms with Crippen LogP contribution in [0.2, 0.25) is 0 Å². The van der Waals surface area contributed by atoms with Crippen LogP contribution in [0.15, 0.2) is 24.0 Å². The number of rotatable bonds is 1. The highest BCUT2D eigenvalue weighted by atomic mass is 16.5. The molecule has 1 unspecified atom stereocenters. The van der Waals surface area contributed by atoms with Gasteiger partial charge in [-0.05, 0) is 18.6 Å². The second kappa shape index (κ2) is 2.56. The SMILES string of the molecule is CC1=CC=COC1C(=O)O. The molecule has 1 N–H and O–H groups in total. The second-order valence-electron chi connectivity index (χ2n) is 2.09. The third-order valence-electron chi connectivity index (χ3n) is 1.29. The summed E-state index contributed by atoms with van der Waals surface area (Å²) in [6, 6.07) is 0. The van der Waals surface area contributed by atoms with Crippen LogP contribution in [0.25, 0.3) is 0 Å². The molecule has 0 aliphatic carbocycles. The molecule has 0 aromatic heterocycles. The summed E-state index contributed by atoms with van der Waals surface area (Å²) in [5, 5.41) is 8.51. The smallest absolute Gasteiger partial charge is 0.349 e. The molecule has 0 fully saturated rings. The second-order valence-corrected chi connectivity index (χ2v) is 2.09. The van der Waals surface area contributed by atoms with E-state index in [0.29, 0.717) is 0 Å². The molecule has 10 heavy (non-hydrogen) atoms. The molecule has 0 saturated heterocycles. The number of carboxylic acids is 1. The van der Waals surface area contributed by atoms with E-state index in [9.17, 15) is 4.79 Å². The van der Waals surface area contributed by atoms with E-state index in [4.69, 9.17) is 9.84 Å². The van der Waals surface area contributed by atoms with Gasteiger partial charge in [0, 0.05) is 0 Å². The van der Waals surface area contributed by atoms with E-state index in [1.54, 1.807) is 19.1 Å². The van der Waals surface area contributed by atoms with Gasteiger partial charge in [0.25, 0.3) is 0 Å². The molecule has 0 aromatic carbocycles. The summed E-state index contributed by atoms with van der Waals surface area (Å²) in [6.07, 6.45) is 3.99. The molecule has 1 aliphatic rings. The van der Waals surface area contributed by atoms with Crippen molar-refractivity contribution in [3.8, 4) is 0 Å². The molecule has 0 saturated carbocycles. The number of hydrogen-bond acceptors (Lipinski definition) is 2. The summed E-state index contributed by atoms with van der Waals surface area (Å²) in [5.74, 6) is -0.946. The summed E-state index contributed by atoms with van der Waals surface area (Å²) >= 11 is 0. The average Bonchev–Trinajstić information content (AvgIpc) is 1.88. The Bertz CT molecular complexity index is 203. The largest absolute Gasteiger partial charge is 0.482 e. The lowest BCUT2D eigenvalue weighted by Crippen LogP contribution is -2.24. The van der Waals surface area contributed by atoms with Gasteiger partial charge in [-0.2, -0.15) is 0 Å². The van der Waals surface area contributed by atoms with Crippen LogP contribution in [-0.2, 0) is 9.53 Å². The Morgan fingerprint density at radius 2 is 2.50 bits per heavy atom. The van der Waals surface area contributed by atoms with Crippen LogP contribution in [0.3, 0.4) is 0 Å². The summed E-state index contributed by atoms with van der Waals surface area (Å²) in [6.45, 7) is 1.72. The maximum Gasteiger partial charge on any atom is 0.349 e. The third-order valence-corrected chi connectivity index (χ3v) is 1.29. The minimum Gasteiger partial charge on any atom is -0.482 e. The molecular formula is C7H8O3.